The largest absolute Gasteiger partial charge is 0.418 e. The number of sulfonamides is 1. The lowest BCUT2D eigenvalue weighted by molar-refractivity contribution is -0.136. The number of nitrogens with one attached hydrogen (secondary N) is 1. The standard InChI is InChI=1S/C11H14BrF3N2O2S/c12-8-3-4-10(9(7-8)11(13,14)15)17-20(18,19)6-2-1-5-16/h3-4,7,17H,1-2,5-6,16H2. The molecule has 0 aliphatic carbocycles. The average molecular weight is 375 g/mol. The van der Waals surface area contributed by atoms with Crippen LogP contribution in [0.4, 0.5) is 18.9 Å². The molecule has 0 radical (unpaired) electrons. The summed E-state index contributed by atoms with van der Waals surface area (Å²) >= 11 is 2.93. The minimum Gasteiger partial charge on any atom is -0.330 e. The molecule has 0 atom stereocenters. The number of rotatable bonds is 6. The zero-order valence-electron chi connectivity index (χ0n) is 10.4. The fourth-order valence-corrected chi connectivity index (χ4v) is 3.06. The van der Waals surface area contributed by atoms with E-state index in [1.807, 2.05) is 4.72 Å². The van der Waals surface area contributed by atoms with Crippen molar-refractivity contribution in [2.24, 2.45) is 5.73 Å². The van der Waals surface area contributed by atoms with Gasteiger partial charge in [0, 0.05) is 4.47 Å². The van der Waals surface area contributed by atoms with Crippen LogP contribution in [0.1, 0.15) is 18.4 Å². The lowest BCUT2D eigenvalue weighted by Crippen LogP contribution is -2.20. The van der Waals surface area contributed by atoms with Crippen LogP contribution in [0.5, 0.6) is 0 Å². The van der Waals surface area contributed by atoms with E-state index in [2.05, 4.69) is 15.9 Å². The molecule has 4 nitrogen and oxygen atoms in total. The second-order valence-electron chi connectivity index (χ2n) is 4.10. The summed E-state index contributed by atoms with van der Waals surface area (Å²) in [6.45, 7) is 0.335. The Hall–Kier alpha value is -0.800. The summed E-state index contributed by atoms with van der Waals surface area (Å²) in [6.07, 6.45) is -3.85. The highest BCUT2D eigenvalue weighted by Crippen LogP contribution is 2.36. The molecule has 0 aliphatic heterocycles. The van der Waals surface area contributed by atoms with Crippen molar-refractivity contribution in [1.29, 1.82) is 0 Å². The van der Waals surface area contributed by atoms with Gasteiger partial charge in [0.25, 0.3) is 0 Å². The van der Waals surface area contributed by atoms with Crippen LogP contribution in [0.15, 0.2) is 22.7 Å². The summed E-state index contributed by atoms with van der Waals surface area (Å²) in [5.74, 6) is -0.266. The molecule has 0 aliphatic rings. The van der Waals surface area contributed by atoms with Crippen molar-refractivity contribution in [3.8, 4) is 0 Å². The molecule has 0 bridgehead atoms. The fraction of sp³-hybridized carbons (Fsp3) is 0.455. The summed E-state index contributed by atoms with van der Waals surface area (Å²) in [6, 6.07) is 3.25. The molecule has 0 saturated heterocycles. The highest BCUT2D eigenvalue weighted by molar-refractivity contribution is 9.10. The van der Waals surface area contributed by atoms with Crippen LogP contribution in [0.25, 0.3) is 0 Å². The van der Waals surface area contributed by atoms with Gasteiger partial charge in [-0.3, -0.25) is 4.72 Å². The van der Waals surface area contributed by atoms with E-state index in [0.29, 0.717) is 19.4 Å². The summed E-state index contributed by atoms with van der Waals surface area (Å²) in [5, 5.41) is 0. The second kappa shape index (κ2) is 6.77. The van der Waals surface area contributed by atoms with Crippen LogP contribution in [0, 0.1) is 0 Å². The maximum atomic E-state index is 12.8. The predicted molar refractivity (Wildman–Crippen MR) is 74.8 cm³/mol. The lowest BCUT2D eigenvalue weighted by atomic mass is 10.2. The number of alkyl halides is 3. The molecule has 0 fully saturated rings. The van der Waals surface area contributed by atoms with Gasteiger partial charge >= 0.3 is 6.18 Å². The summed E-state index contributed by atoms with van der Waals surface area (Å²) in [7, 11) is -3.82. The number of hydrogen-bond acceptors (Lipinski definition) is 3. The van der Waals surface area contributed by atoms with Crippen molar-refractivity contribution in [2.45, 2.75) is 19.0 Å². The van der Waals surface area contributed by atoms with Gasteiger partial charge < -0.3 is 5.73 Å². The first-order chi connectivity index (χ1) is 9.15. The first-order valence-corrected chi connectivity index (χ1v) is 8.17. The first-order valence-electron chi connectivity index (χ1n) is 5.73. The van der Waals surface area contributed by atoms with Crippen LogP contribution < -0.4 is 10.5 Å². The van der Waals surface area contributed by atoms with Gasteiger partial charge in [0.1, 0.15) is 0 Å². The summed E-state index contributed by atoms with van der Waals surface area (Å²) in [5.41, 5.74) is 3.73. The molecular formula is C11H14BrF3N2O2S. The molecular weight excluding hydrogens is 361 g/mol. The van der Waals surface area contributed by atoms with Crippen molar-refractivity contribution < 1.29 is 21.6 Å². The molecule has 9 heteroatoms. The molecule has 0 spiro atoms. The molecule has 0 aromatic heterocycles. The molecule has 3 N–H and O–H groups in total. The molecule has 20 heavy (non-hydrogen) atoms. The van der Waals surface area contributed by atoms with Crippen LogP contribution in [-0.2, 0) is 16.2 Å². The van der Waals surface area contributed by atoms with Crippen molar-refractivity contribution in [3.63, 3.8) is 0 Å². The Kier molecular flexibility index (Phi) is 5.84. The van der Waals surface area contributed by atoms with E-state index in [0.717, 1.165) is 12.1 Å². The van der Waals surface area contributed by atoms with E-state index < -0.39 is 27.5 Å². The highest BCUT2D eigenvalue weighted by Gasteiger charge is 2.34. The zero-order chi connectivity index (χ0) is 15.4. The third-order valence-electron chi connectivity index (χ3n) is 2.42. The minimum atomic E-state index is -4.64. The third kappa shape index (κ3) is 5.29. The molecule has 114 valence electrons. The Morgan fingerprint density at radius 3 is 2.45 bits per heavy atom. The SMILES string of the molecule is NCCCCS(=O)(=O)Nc1ccc(Br)cc1C(F)(F)F. The normalized spacial score (nSPS) is 12.4. The summed E-state index contributed by atoms with van der Waals surface area (Å²) < 4.78 is 64.1. The second-order valence-corrected chi connectivity index (χ2v) is 6.86. The molecule has 1 aromatic rings. The molecule has 0 saturated carbocycles. The van der Waals surface area contributed by atoms with Gasteiger partial charge in [-0.25, -0.2) is 8.42 Å². The number of hydrogen-bond donors (Lipinski definition) is 2. The minimum absolute atomic E-state index is 0.218. The van der Waals surface area contributed by atoms with Gasteiger partial charge in [0.05, 0.1) is 17.0 Å². The maximum Gasteiger partial charge on any atom is 0.418 e. The smallest absolute Gasteiger partial charge is 0.330 e. The quantitative estimate of drug-likeness (QED) is 0.751. The van der Waals surface area contributed by atoms with Gasteiger partial charge in [-0.2, -0.15) is 13.2 Å². The number of unbranched alkanes of at least 4 members (excludes halogenated alkanes) is 1. The molecule has 0 unspecified atom stereocenters. The summed E-state index contributed by atoms with van der Waals surface area (Å²) in [4.78, 5) is 0. The molecule has 1 aromatic carbocycles. The number of halogens is 4. The van der Waals surface area contributed by atoms with Crippen LogP contribution >= 0.6 is 15.9 Å². The third-order valence-corrected chi connectivity index (χ3v) is 4.27. The predicted octanol–water partition coefficient (Wildman–Crippen LogP) is 2.95. The molecule has 0 amide bonds. The van der Waals surface area contributed by atoms with Crippen molar-refractivity contribution >= 4 is 31.6 Å². The van der Waals surface area contributed by atoms with E-state index in [4.69, 9.17) is 5.73 Å². The molecule has 1 rings (SSSR count). The van der Waals surface area contributed by atoms with Gasteiger partial charge in [0.15, 0.2) is 0 Å². The van der Waals surface area contributed by atoms with E-state index in [-0.39, 0.29) is 10.2 Å². The first kappa shape index (κ1) is 17.3. The van der Waals surface area contributed by atoms with E-state index >= 15 is 0 Å². The Morgan fingerprint density at radius 1 is 1.25 bits per heavy atom. The van der Waals surface area contributed by atoms with Crippen molar-refractivity contribution in [3.05, 3.63) is 28.2 Å². The number of nitrogens with two attached hydrogens (primary N) is 1. The van der Waals surface area contributed by atoms with E-state index in [1.165, 1.54) is 6.07 Å². The Bertz CT molecular complexity index is 561. The number of benzene rings is 1. The average Bonchev–Trinajstić information content (AvgIpc) is 2.30. The van der Waals surface area contributed by atoms with E-state index in [9.17, 15) is 21.6 Å². The Labute approximate surface area is 123 Å². The van der Waals surface area contributed by atoms with E-state index in [1.54, 1.807) is 0 Å². The van der Waals surface area contributed by atoms with Gasteiger partial charge in [0.2, 0.25) is 10.0 Å². The van der Waals surface area contributed by atoms with Crippen LogP contribution in [0.2, 0.25) is 0 Å². The molecule has 0 heterocycles. The topological polar surface area (TPSA) is 72.2 Å². The maximum absolute atomic E-state index is 12.8. The van der Waals surface area contributed by atoms with Gasteiger partial charge in [-0.15, -0.1) is 0 Å². The highest BCUT2D eigenvalue weighted by atomic mass is 79.9. The number of anilines is 1. The monoisotopic (exact) mass is 374 g/mol. The van der Waals surface area contributed by atoms with Gasteiger partial charge in [-0.05, 0) is 37.6 Å². The zero-order valence-corrected chi connectivity index (χ0v) is 12.8. The Morgan fingerprint density at radius 2 is 1.90 bits per heavy atom. The van der Waals surface area contributed by atoms with Gasteiger partial charge in [-0.1, -0.05) is 15.9 Å². The van der Waals surface area contributed by atoms with Crippen LogP contribution in [0.3, 0.4) is 0 Å². The van der Waals surface area contributed by atoms with Crippen LogP contribution in [-0.4, -0.2) is 20.7 Å². The van der Waals surface area contributed by atoms with Crippen molar-refractivity contribution in [2.75, 3.05) is 17.0 Å². The Balaban J connectivity index is 2.98. The van der Waals surface area contributed by atoms with Crippen molar-refractivity contribution in [1.82, 2.24) is 0 Å². The lowest BCUT2D eigenvalue weighted by Gasteiger charge is -2.15. The fourth-order valence-electron chi connectivity index (χ4n) is 1.49.